The molecule has 6 atom stereocenters. The van der Waals surface area contributed by atoms with E-state index in [1.165, 1.54) is 31.4 Å². The van der Waals surface area contributed by atoms with Gasteiger partial charge in [0.15, 0.2) is 9.75 Å². The number of imide groups is 2. The molecule has 0 unspecified atom stereocenters. The van der Waals surface area contributed by atoms with E-state index in [2.05, 4.69) is 10.2 Å². The Morgan fingerprint density at radius 3 is 2.02 bits per heavy atom. The molecule has 8 rings (SSSR count). The smallest absolute Gasteiger partial charge is 0.258 e. The van der Waals surface area contributed by atoms with Gasteiger partial charge in [0.1, 0.15) is 17.3 Å². The summed E-state index contributed by atoms with van der Waals surface area (Å²) in [4.78, 5) is 57.4. The van der Waals surface area contributed by atoms with Gasteiger partial charge in [0.25, 0.3) is 11.8 Å². The van der Waals surface area contributed by atoms with E-state index in [9.17, 15) is 28.7 Å². The lowest BCUT2D eigenvalue weighted by Gasteiger charge is -2.50. The molecule has 4 aliphatic rings. The standard InChI is InChI=1S/C41H34Cl2FN5O6/c1-47(2)25-12-6-23(7-13-25)45-46-24-8-14-26(15-9-24)48-36(51)31-19-18-29-32(34(31)37(48)52)21-40(42)38(53)49(27-10-4-22(44)5-11-27)39(54)41(40,43)35(29)30-17-16-28(50)20-33(30)55-3/h4-18,20,31-32,34-35,50H,19,21H2,1-3H3/t31-,32+,34-,35+,40+,41-/m0/s1. The zero-order valence-electron chi connectivity index (χ0n) is 29.8. The third kappa shape index (κ3) is 5.52. The third-order valence-electron chi connectivity index (χ3n) is 11.2. The molecule has 2 aliphatic carbocycles. The number of hydrogen-bond donors (Lipinski definition) is 1. The van der Waals surface area contributed by atoms with Crippen molar-refractivity contribution in [3.05, 3.63) is 114 Å². The Labute approximate surface area is 325 Å². The number of anilines is 3. The van der Waals surface area contributed by atoms with Gasteiger partial charge in [-0.25, -0.2) is 9.29 Å². The van der Waals surface area contributed by atoms with E-state index in [4.69, 9.17) is 27.9 Å². The zero-order chi connectivity index (χ0) is 39.0. The average molecular weight is 783 g/mol. The van der Waals surface area contributed by atoms with Crippen LogP contribution in [0.1, 0.15) is 24.3 Å². The van der Waals surface area contributed by atoms with Crippen LogP contribution in [0.4, 0.5) is 32.8 Å². The number of carbonyl (C=O) groups is 4. The Morgan fingerprint density at radius 1 is 0.800 bits per heavy atom. The van der Waals surface area contributed by atoms with Crippen LogP contribution in [0.3, 0.4) is 0 Å². The van der Waals surface area contributed by atoms with Crippen molar-refractivity contribution < 1.29 is 33.4 Å². The minimum absolute atomic E-state index is 0.0700. The van der Waals surface area contributed by atoms with Crippen LogP contribution in [0.25, 0.3) is 0 Å². The molecule has 55 heavy (non-hydrogen) atoms. The topological polar surface area (TPSA) is 132 Å². The minimum Gasteiger partial charge on any atom is -0.508 e. The van der Waals surface area contributed by atoms with Crippen LogP contribution in [-0.4, -0.2) is 59.7 Å². The van der Waals surface area contributed by atoms with Crippen molar-refractivity contribution >= 4 is 75.3 Å². The van der Waals surface area contributed by atoms with Gasteiger partial charge in [0.05, 0.1) is 41.7 Å². The molecular weight excluding hydrogens is 748 g/mol. The van der Waals surface area contributed by atoms with Gasteiger partial charge in [-0.1, -0.05) is 17.7 Å². The number of rotatable bonds is 7. The summed E-state index contributed by atoms with van der Waals surface area (Å²) in [5.74, 6) is -6.74. The Hall–Kier alpha value is -5.59. The lowest BCUT2D eigenvalue weighted by Crippen LogP contribution is -2.60. The lowest BCUT2D eigenvalue weighted by atomic mass is 9.56. The number of hydrogen-bond acceptors (Lipinski definition) is 9. The minimum atomic E-state index is -2.15. The summed E-state index contributed by atoms with van der Waals surface area (Å²) in [5, 5.41) is 19.0. The second-order valence-corrected chi connectivity index (χ2v) is 15.6. The number of phenolic OH excluding ortho intramolecular Hbond substituents is 1. The zero-order valence-corrected chi connectivity index (χ0v) is 31.3. The van der Waals surface area contributed by atoms with E-state index in [-0.39, 0.29) is 30.0 Å². The molecule has 11 nitrogen and oxygen atoms in total. The largest absolute Gasteiger partial charge is 0.508 e. The highest BCUT2D eigenvalue weighted by molar-refractivity contribution is 6.58. The second kappa shape index (κ2) is 13.3. The van der Waals surface area contributed by atoms with Gasteiger partial charge in [-0.15, -0.1) is 23.2 Å². The highest BCUT2D eigenvalue weighted by atomic mass is 35.5. The lowest BCUT2D eigenvalue weighted by molar-refractivity contribution is -0.125. The molecule has 2 heterocycles. The molecule has 3 fully saturated rings. The highest BCUT2D eigenvalue weighted by Gasteiger charge is 2.77. The van der Waals surface area contributed by atoms with E-state index in [1.807, 2.05) is 49.3 Å². The van der Waals surface area contributed by atoms with Crippen LogP contribution in [0.2, 0.25) is 0 Å². The van der Waals surface area contributed by atoms with Crippen LogP contribution in [0.15, 0.2) is 113 Å². The van der Waals surface area contributed by atoms with Crippen molar-refractivity contribution in [3.63, 3.8) is 0 Å². The molecule has 0 radical (unpaired) electrons. The number of amides is 4. The summed E-state index contributed by atoms with van der Waals surface area (Å²) >= 11 is 14.9. The number of benzene rings is 4. The number of fused-ring (bicyclic) bond motifs is 4. The van der Waals surface area contributed by atoms with Crippen molar-refractivity contribution in [3.8, 4) is 11.5 Å². The first-order chi connectivity index (χ1) is 26.3. The molecule has 1 N–H and O–H groups in total. The molecule has 2 aliphatic heterocycles. The van der Waals surface area contributed by atoms with Crippen molar-refractivity contribution in [1.82, 2.24) is 0 Å². The molecule has 0 spiro atoms. The maximum Gasteiger partial charge on any atom is 0.258 e. The summed E-state index contributed by atoms with van der Waals surface area (Å²) in [6, 6.07) is 23.2. The van der Waals surface area contributed by atoms with E-state index < -0.39 is 62.9 Å². The molecule has 14 heteroatoms. The Bertz CT molecular complexity index is 2320. The van der Waals surface area contributed by atoms with Gasteiger partial charge in [-0.2, -0.15) is 10.2 Å². The molecule has 1 saturated carbocycles. The first kappa shape index (κ1) is 36.4. The number of phenols is 1. The van der Waals surface area contributed by atoms with Crippen molar-refractivity contribution in [1.29, 1.82) is 0 Å². The van der Waals surface area contributed by atoms with E-state index >= 15 is 0 Å². The van der Waals surface area contributed by atoms with Gasteiger partial charge < -0.3 is 14.7 Å². The third-order valence-corrected chi connectivity index (χ3v) is 12.6. The Kier molecular flexibility index (Phi) is 8.81. The highest BCUT2D eigenvalue weighted by Crippen LogP contribution is 2.66. The van der Waals surface area contributed by atoms with E-state index in [1.54, 1.807) is 30.3 Å². The number of alkyl halides is 2. The number of aromatic hydroxyl groups is 1. The SMILES string of the molecule is COc1cc(O)ccc1[C@H]1C2=CC[C@@H]3C(=O)N(c4ccc(N=Nc5ccc(N(C)C)cc5)cc4)C(=O)[C@@H]3[C@@H]2C[C@@]2(Cl)C(=O)N(c3ccc(F)cc3)C(=O)[C@@]12Cl. The molecule has 280 valence electrons. The van der Waals surface area contributed by atoms with E-state index in [0.29, 0.717) is 28.2 Å². The fraction of sp³-hybridized carbons (Fsp3) is 0.268. The van der Waals surface area contributed by atoms with Crippen molar-refractivity contribution in [2.75, 3.05) is 35.9 Å². The van der Waals surface area contributed by atoms with Crippen LogP contribution in [0.5, 0.6) is 11.5 Å². The van der Waals surface area contributed by atoms with Crippen molar-refractivity contribution in [2.45, 2.75) is 28.5 Å². The second-order valence-electron chi connectivity index (χ2n) is 14.3. The van der Waals surface area contributed by atoms with Gasteiger partial charge in [-0.05, 0) is 97.6 Å². The number of halogens is 3. The van der Waals surface area contributed by atoms with Crippen LogP contribution in [0, 0.1) is 23.6 Å². The van der Waals surface area contributed by atoms with Crippen LogP contribution >= 0.6 is 23.2 Å². The fourth-order valence-electron chi connectivity index (χ4n) is 8.54. The number of ether oxygens (including phenoxy) is 1. The first-order valence-electron chi connectivity index (χ1n) is 17.5. The maximum atomic E-state index is 14.6. The Morgan fingerprint density at radius 2 is 1.40 bits per heavy atom. The number of methoxy groups -OCH3 is 1. The summed E-state index contributed by atoms with van der Waals surface area (Å²) in [5.41, 5.74) is 3.50. The Balaban J connectivity index is 1.16. The predicted octanol–water partition coefficient (Wildman–Crippen LogP) is 7.79. The maximum absolute atomic E-state index is 14.6. The van der Waals surface area contributed by atoms with Crippen LogP contribution < -0.4 is 19.4 Å². The summed E-state index contributed by atoms with van der Waals surface area (Å²) in [6.45, 7) is 0. The normalized spacial score (nSPS) is 27.3. The van der Waals surface area contributed by atoms with Crippen molar-refractivity contribution in [2.24, 2.45) is 28.0 Å². The molecule has 4 amide bonds. The summed E-state index contributed by atoms with van der Waals surface area (Å²) in [6.07, 6.45) is 1.72. The average Bonchev–Trinajstić information content (AvgIpc) is 3.52. The molecule has 0 bridgehead atoms. The molecule has 2 saturated heterocycles. The summed E-state index contributed by atoms with van der Waals surface area (Å²) in [7, 11) is 5.28. The van der Waals surface area contributed by atoms with Crippen LogP contribution in [-0.2, 0) is 19.2 Å². The van der Waals surface area contributed by atoms with Gasteiger partial charge in [-0.3, -0.25) is 24.1 Å². The fourth-order valence-corrected chi connectivity index (χ4v) is 9.47. The summed E-state index contributed by atoms with van der Waals surface area (Å²) < 4.78 is 19.6. The molecule has 4 aromatic carbocycles. The number of nitrogens with zero attached hydrogens (tertiary/aromatic N) is 5. The predicted molar refractivity (Wildman–Crippen MR) is 205 cm³/mol. The number of allylic oxidation sites excluding steroid dienone is 2. The monoisotopic (exact) mass is 781 g/mol. The first-order valence-corrected chi connectivity index (χ1v) is 18.3. The quantitative estimate of drug-likeness (QED) is 0.0877. The molecule has 4 aromatic rings. The number of azo groups is 1. The van der Waals surface area contributed by atoms with Gasteiger partial charge in [0.2, 0.25) is 11.8 Å². The van der Waals surface area contributed by atoms with Gasteiger partial charge in [0, 0.05) is 37.3 Å². The number of carbonyl (C=O) groups excluding carboxylic acids is 4. The van der Waals surface area contributed by atoms with E-state index in [0.717, 1.165) is 27.6 Å². The van der Waals surface area contributed by atoms with Gasteiger partial charge >= 0.3 is 0 Å². The molecular formula is C41H34Cl2FN5O6. The molecule has 0 aromatic heterocycles.